The summed E-state index contributed by atoms with van der Waals surface area (Å²) in [6, 6.07) is 7.06. The molecular formula is C12H10O4. The van der Waals surface area contributed by atoms with Gasteiger partial charge in [0.05, 0.1) is 7.11 Å². The molecule has 0 amide bonds. The molecule has 0 bridgehead atoms. The van der Waals surface area contributed by atoms with Crippen molar-refractivity contribution >= 4 is 17.8 Å². The van der Waals surface area contributed by atoms with Crippen molar-refractivity contribution in [2.75, 3.05) is 13.7 Å². The summed E-state index contributed by atoms with van der Waals surface area (Å²) in [7, 11) is 1.57. The third-order valence-corrected chi connectivity index (χ3v) is 2.28. The van der Waals surface area contributed by atoms with Crippen LogP contribution in [0.4, 0.5) is 0 Å². The van der Waals surface area contributed by atoms with Gasteiger partial charge in [0.15, 0.2) is 6.61 Å². The molecule has 0 unspecified atom stereocenters. The fraction of sp³-hybridized carbons (Fsp3) is 0.167. The molecule has 0 aromatic heterocycles. The Hall–Kier alpha value is -2.10. The summed E-state index contributed by atoms with van der Waals surface area (Å²) < 4.78 is 9.62. The first-order valence-corrected chi connectivity index (χ1v) is 4.77. The molecule has 0 saturated carbocycles. The highest BCUT2D eigenvalue weighted by Gasteiger charge is 2.27. The lowest BCUT2D eigenvalue weighted by Crippen LogP contribution is -2.00. The van der Waals surface area contributed by atoms with E-state index in [0.717, 1.165) is 11.3 Å². The van der Waals surface area contributed by atoms with Crippen LogP contribution in [0.5, 0.6) is 5.75 Å². The lowest BCUT2D eigenvalue weighted by Gasteiger charge is -1.99. The molecule has 0 radical (unpaired) electrons. The number of benzene rings is 1. The van der Waals surface area contributed by atoms with Gasteiger partial charge in [-0.3, -0.25) is 4.79 Å². The van der Waals surface area contributed by atoms with Gasteiger partial charge in [-0.2, -0.15) is 0 Å². The third kappa shape index (κ3) is 1.95. The number of rotatable bonds is 2. The summed E-state index contributed by atoms with van der Waals surface area (Å²) in [6.45, 7) is -0.152. The van der Waals surface area contributed by atoms with Gasteiger partial charge in [-0.25, -0.2) is 4.79 Å². The molecule has 0 aliphatic carbocycles. The second-order valence-corrected chi connectivity index (χ2v) is 3.33. The zero-order chi connectivity index (χ0) is 11.5. The molecule has 1 fully saturated rings. The van der Waals surface area contributed by atoms with Crippen LogP contribution in [0.15, 0.2) is 29.8 Å². The fourth-order valence-corrected chi connectivity index (χ4v) is 1.41. The minimum absolute atomic E-state index is 0.102. The Morgan fingerprint density at radius 2 is 1.94 bits per heavy atom. The molecule has 1 aromatic carbocycles. The molecule has 2 rings (SSSR count). The normalized spacial score (nSPS) is 17.7. The molecule has 4 heteroatoms. The number of methoxy groups -OCH3 is 1. The average Bonchev–Trinajstić information content (AvgIpc) is 2.62. The largest absolute Gasteiger partial charge is 0.497 e. The Balaban J connectivity index is 2.28. The van der Waals surface area contributed by atoms with Crippen molar-refractivity contribution in [1.29, 1.82) is 0 Å². The monoisotopic (exact) mass is 218 g/mol. The SMILES string of the molecule is COc1ccc(/C=C2\C(=O)COC2=O)cc1. The Morgan fingerprint density at radius 1 is 1.25 bits per heavy atom. The van der Waals surface area contributed by atoms with Crippen LogP contribution in [0, 0.1) is 0 Å². The molecule has 0 spiro atoms. The number of hydrogen-bond donors (Lipinski definition) is 0. The van der Waals surface area contributed by atoms with Crippen LogP contribution in [0.25, 0.3) is 6.08 Å². The van der Waals surface area contributed by atoms with Crippen molar-refractivity contribution in [3.05, 3.63) is 35.4 Å². The average molecular weight is 218 g/mol. The zero-order valence-corrected chi connectivity index (χ0v) is 8.73. The van der Waals surface area contributed by atoms with Crippen LogP contribution in [0.2, 0.25) is 0 Å². The van der Waals surface area contributed by atoms with E-state index in [0.29, 0.717) is 0 Å². The number of esters is 1. The summed E-state index contributed by atoms with van der Waals surface area (Å²) in [5.74, 6) is -0.107. The summed E-state index contributed by atoms with van der Waals surface area (Å²) in [5, 5.41) is 0. The van der Waals surface area contributed by atoms with Crippen molar-refractivity contribution < 1.29 is 19.1 Å². The number of carbonyl (C=O) groups excluding carboxylic acids is 2. The number of Topliss-reactive ketones (excluding diaryl/α,β-unsaturated/α-hetero) is 1. The highest BCUT2D eigenvalue weighted by Crippen LogP contribution is 2.17. The van der Waals surface area contributed by atoms with Crippen molar-refractivity contribution in [3.63, 3.8) is 0 Å². The molecule has 1 heterocycles. The summed E-state index contributed by atoms with van der Waals surface area (Å²) in [5.41, 5.74) is 0.869. The molecule has 1 aliphatic heterocycles. The first kappa shape index (κ1) is 10.4. The summed E-state index contributed by atoms with van der Waals surface area (Å²) in [6.07, 6.45) is 1.52. The molecule has 82 valence electrons. The van der Waals surface area contributed by atoms with Crippen LogP contribution in [0.1, 0.15) is 5.56 Å². The minimum Gasteiger partial charge on any atom is -0.497 e. The van der Waals surface area contributed by atoms with Crippen molar-refractivity contribution in [3.8, 4) is 5.75 Å². The third-order valence-electron chi connectivity index (χ3n) is 2.28. The van der Waals surface area contributed by atoms with Gasteiger partial charge >= 0.3 is 5.97 Å². The van der Waals surface area contributed by atoms with Gasteiger partial charge < -0.3 is 9.47 Å². The number of cyclic esters (lactones) is 1. The van der Waals surface area contributed by atoms with E-state index in [9.17, 15) is 9.59 Å². The van der Waals surface area contributed by atoms with Crippen LogP contribution < -0.4 is 4.74 Å². The van der Waals surface area contributed by atoms with E-state index in [1.54, 1.807) is 31.4 Å². The van der Waals surface area contributed by atoms with Gasteiger partial charge in [0.1, 0.15) is 11.3 Å². The maximum Gasteiger partial charge on any atom is 0.342 e. The maximum absolute atomic E-state index is 11.3. The topological polar surface area (TPSA) is 52.6 Å². The molecule has 1 aromatic rings. The molecule has 16 heavy (non-hydrogen) atoms. The van der Waals surface area contributed by atoms with E-state index in [2.05, 4.69) is 4.74 Å². The van der Waals surface area contributed by atoms with E-state index in [1.807, 2.05) is 0 Å². The van der Waals surface area contributed by atoms with Gasteiger partial charge in [0.2, 0.25) is 5.78 Å². The highest BCUT2D eigenvalue weighted by molar-refractivity contribution is 6.24. The number of ketones is 1. The van der Waals surface area contributed by atoms with Crippen LogP contribution in [-0.2, 0) is 14.3 Å². The van der Waals surface area contributed by atoms with Gasteiger partial charge in [-0.1, -0.05) is 12.1 Å². The number of carbonyl (C=O) groups is 2. The van der Waals surface area contributed by atoms with E-state index in [-0.39, 0.29) is 18.0 Å². The second-order valence-electron chi connectivity index (χ2n) is 3.33. The molecule has 1 aliphatic rings. The van der Waals surface area contributed by atoms with Gasteiger partial charge in [0, 0.05) is 0 Å². The van der Waals surface area contributed by atoms with E-state index in [1.165, 1.54) is 6.08 Å². The van der Waals surface area contributed by atoms with Gasteiger partial charge in [-0.15, -0.1) is 0 Å². The van der Waals surface area contributed by atoms with E-state index >= 15 is 0 Å². The standard InChI is InChI=1S/C12H10O4/c1-15-9-4-2-8(3-5-9)6-10-11(13)7-16-12(10)14/h2-6H,7H2,1H3/b10-6+. The van der Waals surface area contributed by atoms with E-state index < -0.39 is 5.97 Å². The Kier molecular flexibility index (Phi) is 2.72. The molecule has 4 nitrogen and oxygen atoms in total. The van der Waals surface area contributed by atoms with Crippen molar-refractivity contribution in [1.82, 2.24) is 0 Å². The van der Waals surface area contributed by atoms with Crippen molar-refractivity contribution in [2.45, 2.75) is 0 Å². The van der Waals surface area contributed by atoms with Gasteiger partial charge in [0.25, 0.3) is 0 Å². The molecule has 0 N–H and O–H groups in total. The zero-order valence-electron chi connectivity index (χ0n) is 8.73. The second kappa shape index (κ2) is 4.18. The number of ether oxygens (including phenoxy) is 2. The molecule has 1 saturated heterocycles. The molecule has 0 atom stereocenters. The Morgan fingerprint density at radius 3 is 2.44 bits per heavy atom. The van der Waals surface area contributed by atoms with Crippen molar-refractivity contribution in [2.24, 2.45) is 0 Å². The van der Waals surface area contributed by atoms with E-state index in [4.69, 9.17) is 4.74 Å². The van der Waals surface area contributed by atoms with Crippen LogP contribution >= 0.6 is 0 Å². The fourth-order valence-electron chi connectivity index (χ4n) is 1.41. The lowest BCUT2D eigenvalue weighted by atomic mass is 10.1. The maximum atomic E-state index is 11.3. The Bertz CT molecular complexity index is 438. The molecular weight excluding hydrogens is 208 g/mol. The first-order valence-electron chi connectivity index (χ1n) is 4.77. The lowest BCUT2D eigenvalue weighted by molar-refractivity contribution is -0.135. The predicted octanol–water partition coefficient (Wildman–Crippen LogP) is 1.20. The minimum atomic E-state index is -0.555. The Labute approximate surface area is 92.5 Å². The predicted molar refractivity (Wildman–Crippen MR) is 56.9 cm³/mol. The number of hydrogen-bond acceptors (Lipinski definition) is 4. The smallest absolute Gasteiger partial charge is 0.342 e. The van der Waals surface area contributed by atoms with Crippen LogP contribution in [0.3, 0.4) is 0 Å². The first-order chi connectivity index (χ1) is 7.70. The van der Waals surface area contributed by atoms with Gasteiger partial charge in [-0.05, 0) is 23.8 Å². The quantitative estimate of drug-likeness (QED) is 0.425. The van der Waals surface area contributed by atoms with Crippen LogP contribution in [-0.4, -0.2) is 25.5 Å². The highest BCUT2D eigenvalue weighted by atomic mass is 16.5. The summed E-state index contributed by atoms with van der Waals surface area (Å²) in [4.78, 5) is 22.4. The summed E-state index contributed by atoms with van der Waals surface area (Å²) >= 11 is 0.